The van der Waals surface area contributed by atoms with Crippen molar-refractivity contribution >= 4 is 0 Å². The quantitative estimate of drug-likeness (QED) is 0.728. The Morgan fingerprint density at radius 2 is 2.20 bits per heavy atom. The van der Waals surface area contributed by atoms with Gasteiger partial charge in [0.15, 0.2) is 0 Å². The van der Waals surface area contributed by atoms with Gasteiger partial charge in [-0.2, -0.15) is 5.26 Å². The standard InChI is InChI=1S/C14H12N4O2/c1-7-11-12(8-4-2-3-5-10(8)19)9(6-15)13(16)20-14(11)18-17-7/h2-5,12,19H,16H2,1H3,(H,17,18)/t12-/m1/s1. The van der Waals surface area contributed by atoms with Crippen LogP contribution in [0.3, 0.4) is 0 Å². The number of aromatic nitrogens is 2. The van der Waals surface area contributed by atoms with Gasteiger partial charge in [-0.25, -0.2) is 0 Å². The summed E-state index contributed by atoms with van der Waals surface area (Å²) >= 11 is 0. The van der Waals surface area contributed by atoms with Gasteiger partial charge in [0, 0.05) is 16.8 Å². The molecular weight excluding hydrogens is 256 g/mol. The van der Waals surface area contributed by atoms with Crippen molar-refractivity contribution in [2.45, 2.75) is 12.8 Å². The lowest BCUT2D eigenvalue weighted by atomic mass is 9.84. The van der Waals surface area contributed by atoms with Crippen LogP contribution in [-0.2, 0) is 0 Å². The number of nitrogens with two attached hydrogens (primary N) is 1. The van der Waals surface area contributed by atoms with Crippen LogP contribution in [0.25, 0.3) is 0 Å². The number of para-hydroxylation sites is 1. The third-order valence-electron chi connectivity index (χ3n) is 3.38. The van der Waals surface area contributed by atoms with Crippen LogP contribution >= 0.6 is 0 Å². The molecule has 0 bridgehead atoms. The Bertz CT molecular complexity index is 755. The number of hydrogen-bond acceptors (Lipinski definition) is 5. The monoisotopic (exact) mass is 268 g/mol. The SMILES string of the molecule is Cc1[nH]nc2c1[C@H](c1ccccc1O)C(C#N)=C(N)O2. The number of allylic oxidation sites excluding steroid dienone is 1. The van der Waals surface area contributed by atoms with E-state index < -0.39 is 5.92 Å². The summed E-state index contributed by atoms with van der Waals surface area (Å²) in [5.74, 6) is -0.0257. The number of H-pyrrole nitrogens is 1. The highest BCUT2D eigenvalue weighted by Crippen LogP contribution is 2.44. The number of benzene rings is 1. The molecule has 0 amide bonds. The topological polar surface area (TPSA) is 108 Å². The highest BCUT2D eigenvalue weighted by Gasteiger charge is 2.35. The van der Waals surface area contributed by atoms with Crippen molar-refractivity contribution in [1.82, 2.24) is 10.2 Å². The zero-order valence-corrected chi connectivity index (χ0v) is 10.7. The first kappa shape index (κ1) is 12.1. The molecule has 0 fully saturated rings. The molecule has 0 spiro atoms. The van der Waals surface area contributed by atoms with Crippen LogP contribution in [0.15, 0.2) is 35.7 Å². The minimum Gasteiger partial charge on any atom is -0.508 e. The number of aromatic hydroxyl groups is 1. The van der Waals surface area contributed by atoms with E-state index in [1.807, 2.05) is 6.92 Å². The summed E-state index contributed by atoms with van der Waals surface area (Å²) < 4.78 is 5.36. The van der Waals surface area contributed by atoms with Crippen LogP contribution in [0.4, 0.5) is 0 Å². The van der Waals surface area contributed by atoms with Gasteiger partial charge in [-0.05, 0) is 13.0 Å². The minimum absolute atomic E-state index is 0.0137. The predicted octanol–water partition coefficient (Wildman–Crippen LogP) is 1.64. The average molecular weight is 268 g/mol. The van der Waals surface area contributed by atoms with Crippen LogP contribution in [0, 0.1) is 18.3 Å². The molecule has 6 heteroatoms. The summed E-state index contributed by atoms with van der Waals surface area (Å²) in [6.07, 6.45) is 0. The number of phenols is 1. The summed E-state index contributed by atoms with van der Waals surface area (Å²) in [5.41, 5.74) is 8.15. The molecule has 6 nitrogen and oxygen atoms in total. The Hall–Kier alpha value is -2.94. The molecule has 0 saturated heterocycles. The van der Waals surface area contributed by atoms with E-state index in [2.05, 4.69) is 16.3 Å². The van der Waals surface area contributed by atoms with Gasteiger partial charge in [0.25, 0.3) is 0 Å². The number of fused-ring (bicyclic) bond motifs is 1. The first-order valence-corrected chi connectivity index (χ1v) is 6.03. The van der Waals surface area contributed by atoms with E-state index in [0.29, 0.717) is 11.4 Å². The second-order valence-corrected chi connectivity index (χ2v) is 4.55. The molecule has 0 unspecified atom stereocenters. The average Bonchev–Trinajstić information content (AvgIpc) is 2.79. The van der Waals surface area contributed by atoms with Crippen LogP contribution < -0.4 is 10.5 Å². The van der Waals surface area contributed by atoms with E-state index in [9.17, 15) is 10.4 Å². The van der Waals surface area contributed by atoms with Gasteiger partial charge in [-0.1, -0.05) is 18.2 Å². The molecule has 2 aromatic rings. The van der Waals surface area contributed by atoms with E-state index in [-0.39, 0.29) is 17.2 Å². The molecule has 0 aliphatic carbocycles. The molecule has 20 heavy (non-hydrogen) atoms. The third kappa shape index (κ3) is 1.61. The summed E-state index contributed by atoms with van der Waals surface area (Å²) in [6.45, 7) is 1.83. The number of nitrogens with zero attached hydrogens (tertiary/aromatic N) is 2. The fourth-order valence-corrected chi connectivity index (χ4v) is 2.44. The van der Waals surface area contributed by atoms with Gasteiger partial charge in [0.1, 0.15) is 17.4 Å². The van der Waals surface area contributed by atoms with Crippen molar-refractivity contribution in [3.8, 4) is 17.7 Å². The van der Waals surface area contributed by atoms with Crippen LogP contribution in [0.1, 0.15) is 22.7 Å². The summed E-state index contributed by atoms with van der Waals surface area (Å²) in [6, 6.07) is 8.91. The molecule has 3 rings (SSSR count). The Morgan fingerprint density at radius 3 is 2.90 bits per heavy atom. The van der Waals surface area contributed by atoms with Crippen LogP contribution in [0.2, 0.25) is 0 Å². The Morgan fingerprint density at radius 1 is 1.45 bits per heavy atom. The lowest BCUT2D eigenvalue weighted by Gasteiger charge is -2.24. The van der Waals surface area contributed by atoms with Gasteiger partial charge < -0.3 is 15.6 Å². The van der Waals surface area contributed by atoms with Crippen molar-refractivity contribution in [2.75, 3.05) is 0 Å². The number of phenolic OH excluding ortho intramolecular Hbond substituents is 1. The summed E-state index contributed by atoms with van der Waals surface area (Å²) in [4.78, 5) is 0. The summed E-state index contributed by atoms with van der Waals surface area (Å²) in [5, 5.41) is 26.3. The maximum absolute atomic E-state index is 10.1. The second kappa shape index (κ2) is 4.31. The maximum Gasteiger partial charge on any atom is 0.244 e. The normalized spacial score (nSPS) is 17.3. The first-order chi connectivity index (χ1) is 9.63. The minimum atomic E-state index is -0.483. The third-order valence-corrected chi connectivity index (χ3v) is 3.38. The molecule has 1 aliphatic heterocycles. The van der Waals surface area contributed by atoms with E-state index in [4.69, 9.17) is 10.5 Å². The zero-order chi connectivity index (χ0) is 14.3. The molecule has 1 aliphatic rings. The van der Waals surface area contributed by atoms with Gasteiger partial charge >= 0.3 is 0 Å². The number of ether oxygens (including phenoxy) is 1. The molecule has 2 heterocycles. The van der Waals surface area contributed by atoms with Crippen LogP contribution in [-0.4, -0.2) is 15.3 Å². The highest BCUT2D eigenvalue weighted by molar-refractivity contribution is 5.57. The van der Waals surface area contributed by atoms with Gasteiger partial charge in [0.2, 0.25) is 11.8 Å². The Kier molecular flexibility index (Phi) is 2.61. The van der Waals surface area contributed by atoms with E-state index in [1.165, 1.54) is 0 Å². The second-order valence-electron chi connectivity index (χ2n) is 4.55. The van der Waals surface area contributed by atoms with Crippen LogP contribution in [0.5, 0.6) is 11.6 Å². The van der Waals surface area contributed by atoms with E-state index >= 15 is 0 Å². The molecule has 1 aromatic heterocycles. The largest absolute Gasteiger partial charge is 0.508 e. The molecule has 1 aromatic carbocycles. The lowest BCUT2D eigenvalue weighted by Crippen LogP contribution is -2.21. The number of hydrogen-bond donors (Lipinski definition) is 3. The smallest absolute Gasteiger partial charge is 0.244 e. The zero-order valence-electron chi connectivity index (χ0n) is 10.7. The maximum atomic E-state index is 10.1. The fraction of sp³-hybridized carbons (Fsp3) is 0.143. The fourth-order valence-electron chi connectivity index (χ4n) is 2.44. The van der Waals surface area contributed by atoms with Crippen molar-refractivity contribution in [3.05, 3.63) is 52.5 Å². The lowest BCUT2D eigenvalue weighted by molar-refractivity contribution is 0.377. The Labute approximate surface area is 115 Å². The number of nitrogens with one attached hydrogen (secondary N) is 1. The molecule has 0 saturated carbocycles. The van der Waals surface area contributed by atoms with Gasteiger partial charge in [0.05, 0.1) is 5.92 Å². The number of nitriles is 1. The number of aryl methyl sites for hydroxylation is 1. The molecule has 0 radical (unpaired) electrons. The first-order valence-electron chi connectivity index (χ1n) is 6.03. The Balaban J connectivity index is 2.29. The molecule has 100 valence electrons. The van der Waals surface area contributed by atoms with Crippen molar-refractivity contribution < 1.29 is 9.84 Å². The predicted molar refractivity (Wildman–Crippen MR) is 70.7 cm³/mol. The van der Waals surface area contributed by atoms with Gasteiger partial charge in [-0.15, -0.1) is 5.10 Å². The van der Waals surface area contributed by atoms with Gasteiger partial charge in [-0.3, -0.25) is 5.10 Å². The molecule has 1 atom stereocenters. The van der Waals surface area contributed by atoms with E-state index in [0.717, 1.165) is 11.3 Å². The van der Waals surface area contributed by atoms with E-state index in [1.54, 1.807) is 24.3 Å². The van der Waals surface area contributed by atoms with Crippen molar-refractivity contribution in [2.24, 2.45) is 5.73 Å². The highest BCUT2D eigenvalue weighted by atomic mass is 16.5. The molecular formula is C14H12N4O2. The summed E-state index contributed by atoms with van der Waals surface area (Å²) in [7, 11) is 0. The van der Waals surface area contributed by atoms with Crippen molar-refractivity contribution in [1.29, 1.82) is 5.26 Å². The number of rotatable bonds is 1. The van der Waals surface area contributed by atoms with Crippen molar-refractivity contribution in [3.63, 3.8) is 0 Å². The molecule has 4 N–H and O–H groups in total. The number of aromatic amines is 1.